The van der Waals surface area contributed by atoms with Crippen LogP contribution in [0.1, 0.15) is 35.2 Å². The van der Waals surface area contributed by atoms with Gasteiger partial charge < -0.3 is 10.6 Å². The van der Waals surface area contributed by atoms with Gasteiger partial charge >= 0.3 is 0 Å². The number of para-hydroxylation sites is 1. The van der Waals surface area contributed by atoms with E-state index >= 15 is 0 Å². The van der Waals surface area contributed by atoms with Crippen LogP contribution in [0, 0.1) is 13.8 Å². The van der Waals surface area contributed by atoms with Crippen molar-refractivity contribution in [2.45, 2.75) is 33.2 Å². The molecule has 36 heavy (non-hydrogen) atoms. The maximum atomic E-state index is 13.6. The first-order valence-electron chi connectivity index (χ1n) is 12.7. The summed E-state index contributed by atoms with van der Waals surface area (Å²) >= 11 is 0. The first kappa shape index (κ1) is 25.6. The van der Waals surface area contributed by atoms with Crippen LogP contribution in [0.2, 0.25) is 0 Å². The lowest BCUT2D eigenvalue weighted by Crippen LogP contribution is -2.51. The van der Waals surface area contributed by atoms with E-state index in [2.05, 4.69) is 33.4 Å². The minimum absolute atomic E-state index is 0.00312. The van der Waals surface area contributed by atoms with E-state index in [0.29, 0.717) is 19.6 Å². The van der Waals surface area contributed by atoms with E-state index in [-0.39, 0.29) is 11.8 Å². The number of rotatable bonds is 8. The molecule has 0 saturated carbocycles. The summed E-state index contributed by atoms with van der Waals surface area (Å²) in [5, 5.41) is 6.24. The van der Waals surface area contributed by atoms with Gasteiger partial charge in [0.2, 0.25) is 11.8 Å². The van der Waals surface area contributed by atoms with Gasteiger partial charge in [-0.2, -0.15) is 0 Å². The number of nitrogens with one attached hydrogen (secondary N) is 2. The Kier molecular flexibility index (Phi) is 8.52. The van der Waals surface area contributed by atoms with Crippen molar-refractivity contribution in [2.24, 2.45) is 0 Å². The summed E-state index contributed by atoms with van der Waals surface area (Å²) in [6.45, 7) is 9.33. The average Bonchev–Trinajstić information content (AvgIpc) is 2.88. The van der Waals surface area contributed by atoms with Gasteiger partial charge in [0.15, 0.2) is 0 Å². The van der Waals surface area contributed by atoms with Crippen molar-refractivity contribution in [1.29, 1.82) is 0 Å². The first-order chi connectivity index (χ1) is 17.4. The summed E-state index contributed by atoms with van der Waals surface area (Å²) in [5.74, 6) is -0.0334. The number of nitrogens with zero attached hydrogens (tertiary/aromatic N) is 2. The second-order valence-electron chi connectivity index (χ2n) is 9.49. The Bertz CT molecular complexity index is 1190. The molecule has 3 aromatic rings. The van der Waals surface area contributed by atoms with E-state index in [1.54, 1.807) is 0 Å². The monoisotopic (exact) mass is 484 g/mol. The summed E-state index contributed by atoms with van der Waals surface area (Å²) in [6, 6.07) is 23.6. The minimum Gasteiger partial charge on any atom is -0.325 e. The Morgan fingerprint density at radius 1 is 0.833 bits per heavy atom. The second-order valence-corrected chi connectivity index (χ2v) is 9.49. The van der Waals surface area contributed by atoms with E-state index < -0.39 is 6.04 Å². The van der Waals surface area contributed by atoms with Gasteiger partial charge in [0, 0.05) is 37.6 Å². The maximum Gasteiger partial charge on any atom is 0.246 e. The van der Waals surface area contributed by atoms with Gasteiger partial charge in [-0.3, -0.25) is 19.4 Å². The van der Waals surface area contributed by atoms with Crippen molar-refractivity contribution in [3.8, 4) is 0 Å². The van der Waals surface area contributed by atoms with Crippen LogP contribution in [0.4, 0.5) is 11.4 Å². The SMILES string of the molecule is CCc1ccccc1NC(=O)CN1CCN(C(C(=O)Nc2cc(C)ccc2C)c2ccccc2)CC1. The van der Waals surface area contributed by atoms with Crippen LogP contribution >= 0.6 is 0 Å². The van der Waals surface area contributed by atoms with E-state index in [9.17, 15) is 9.59 Å². The number of aryl methyl sites for hydroxylation is 3. The average molecular weight is 485 g/mol. The predicted octanol–water partition coefficient (Wildman–Crippen LogP) is 4.80. The molecule has 4 rings (SSSR count). The highest BCUT2D eigenvalue weighted by molar-refractivity contribution is 5.96. The Labute approximate surface area is 214 Å². The fourth-order valence-corrected chi connectivity index (χ4v) is 4.76. The van der Waals surface area contributed by atoms with Crippen LogP contribution < -0.4 is 10.6 Å². The lowest BCUT2D eigenvalue weighted by molar-refractivity contribution is -0.123. The number of amides is 2. The fraction of sp³-hybridized carbons (Fsp3) is 0.333. The summed E-state index contributed by atoms with van der Waals surface area (Å²) in [4.78, 5) is 30.7. The molecule has 2 N–H and O–H groups in total. The molecule has 1 atom stereocenters. The van der Waals surface area contributed by atoms with E-state index in [1.165, 1.54) is 0 Å². The minimum atomic E-state index is -0.390. The highest BCUT2D eigenvalue weighted by Crippen LogP contribution is 2.26. The number of piperazine rings is 1. The molecule has 0 radical (unpaired) electrons. The fourth-order valence-electron chi connectivity index (χ4n) is 4.76. The smallest absolute Gasteiger partial charge is 0.246 e. The zero-order valence-electron chi connectivity index (χ0n) is 21.5. The number of hydrogen-bond donors (Lipinski definition) is 2. The molecule has 0 aromatic heterocycles. The summed E-state index contributed by atoms with van der Waals surface area (Å²) in [5.41, 5.74) is 6.00. The molecule has 0 aliphatic carbocycles. The molecule has 1 fully saturated rings. The first-order valence-corrected chi connectivity index (χ1v) is 12.7. The van der Waals surface area contributed by atoms with Gasteiger partial charge in [-0.1, -0.05) is 67.6 Å². The van der Waals surface area contributed by atoms with Crippen molar-refractivity contribution >= 4 is 23.2 Å². The Morgan fingerprint density at radius 3 is 2.25 bits per heavy atom. The number of carbonyl (C=O) groups is 2. The van der Waals surface area contributed by atoms with Crippen molar-refractivity contribution in [1.82, 2.24) is 9.80 Å². The molecular weight excluding hydrogens is 448 g/mol. The Morgan fingerprint density at radius 2 is 1.53 bits per heavy atom. The standard InChI is InChI=1S/C30H36N4O2/c1-4-24-10-8-9-13-26(24)31-28(35)21-33-16-18-34(19-17-33)29(25-11-6-5-7-12-25)30(36)32-27-20-22(2)14-15-23(27)3/h5-15,20,29H,4,16-19,21H2,1-3H3,(H,31,35)(H,32,36). The van der Waals surface area contributed by atoms with Gasteiger partial charge in [-0.05, 0) is 54.7 Å². The molecule has 1 aliphatic heterocycles. The summed E-state index contributed by atoms with van der Waals surface area (Å²) in [6.07, 6.45) is 0.875. The van der Waals surface area contributed by atoms with Crippen molar-refractivity contribution in [2.75, 3.05) is 43.4 Å². The lowest BCUT2D eigenvalue weighted by Gasteiger charge is -2.38. The van der Waals surface area contributed by atoms with Gasteiger partial charge in [-0.25, -0.2) is 0 Å². The van der Waals surface area contributed by atoms with E-state index in [4.69, 9.17) is 0 Å². The number of carbonyl (C=O) groups excluding carboxylic acids is 2. The molecule has 3 aromatic carbocycles. The normalized spacial score (nSPS) is 15.3. The highest BCUT2D eigenvalue weighted by Gasteiger charge is 2.31. The Balaban J connectivity index is 1.41. The lowest BCUT2D eigenvalue weighted by atomic mass is 10.0. The van der Waals surface area contributed by atoms with E-state index in [1.807, 2.05) is 80.6 Å². The van der Waals surface area contributed by atoms with Crippen molar-refractivity contribution in [3.05, 3.63) is 95.1 Å². The van der Waals surface area contributed by atoms with Crippen LogP contribution in [0.5, 0.6) is 0 Å². The molecule has 1 unspecified atom stereocenters. The topological polar surface area (TPSA) is 64.7 Å². The number of anilines is 2. The van der Waals surface area contributed by atoms with Gasteiger partial charge in [0.05, 0.1) is 6.54 Å². The number of benzene rings is 3. The largest absolute Gasteiger partial charge is 0.325 e. The predicted molar refractivity (Wildman–Crippen MR) is 146 cm³/mol. The molecular formula is C30H36N4O2. The van der Waals surface area contributed by atoms with Crippen LogP contribution in [0.15, 0.2) is 72.8 Å². The maximum absolute atomic E-state index is 13.6. The van der Waals surface area contributed by atoms with Crippen LogP contribution in [0.3, 0.4) is 0 Å². The molecule has 2 amide bonds. The van der Waals surface area contributed by atoms with E-state index in [0.717, 1.165) is 53.1 Å². The molecule has 6 nitrogen and oxygen atoms in total. The zero-order valence-corrected chi connectivity index (χ0v) is 21.5. The van der Waals surface area contributed by atoms with Gasteiger partial charge in [0.1, 0.15) is 6.04 Å². The second kappa shape index (κ2) is 12.0. The molecule has 0 bridgehead atoms. The molecule has 1 aliphatic rings. The highest BCUT2D eigenvalue weighted by atomic mass is 16.2. The Hall–Kier alpha value is -3.48. The molecule has 1 heterocycles. The van der Waals surface area contributed by atoms with Gasteiger partial charge in [-0.15, -0.1) is 0 Å². The quantitative estimate of drug-likeness (QED) is 0.482. The molecule has 0 spiro atoms. The number of hydrogen-bond acceptors (Lipinski definition) is 4. The van der Waals surface area contributed by atoms with Crippen LogP contribution in [-0.2, 0) is 16.0 Å². The van der Waals surface area contributed by atoms with Crippen molar-refractivity contribution < 1.29 is 9.59 Å². The zero-order chi connectivity index (χ0) is 25.5. The van der Waals surface area contributed by atoms with Gasteiger partial charge in [0.25, 0.3) is 0 Å². The summed E-state index contributed by atoms with van der Waals surface area (Å²) < 4.78 is 0. The third-order valence-corrected chi connectivity index (χ3v) is 6.83. The van der Waals surface area contributed by atoms with Crippen molar-refractivity contribution in [3.63, 3.8) is 0 Å². The van der Waals surface area contributed by atoms with Crippen LogP contribution in [0.25, 0.3) is 0 Å². The molecule has 1 saturated heterocycles. The van der Waals surface area contributed by atoms with Crippen LogP contribution in [-0.4, -0.2) is 54.3 Å². The summed E-state index contributed by atoms with van der Waals surface area (Å²) in [7, 11) is 0. The molecule has 188 valence electrons. The third-order valence-electron chi connectivity index (χ3n) is 6.83. The molecule has 6 heteroatoms. The third kappa shape index (κ3) is 6.39.